The zero-order valence-electron chi connectivity index (χ0n) is 9.93. The van der Waals surface area contributed by atoms with E-state index < -0.39 is 6.10 Å². The molecule has 1 atom stereocenters. The molecule has 1 saturated carbocycles. The van der Waals surface area contributed by atoms with Crippen molar-refractivity contribution in [2.45, 2.75) is 31.9 Å². The largest absolute Gasteiger partial charge is 0.395 e. The van der Waals surface area contributed by atoms with Gasteiger partial charge >= 0.3 is 0 Å². The fourth-order valence-corrected chi connectivity index (χ4v) is 2.49. The van der Waals surface area contributed by atoms with Gasteiger partial charge in [-0.05, 0) is 38.0 Å². The van der Waals surface area contributed by atoms with E-state index in [1.54, 1.807) is 6.92 Å². The van der Waals surface area contributed by atoms with Crippen molar-refractivity contribution in [2.24, 2.45) is 0 Å². The van der Waals surface area contributed by atoms with E-state index in [0.717, 1.165) is 15.7 Å². The standard InChI is InChI=1S/C13H18BrNO2/c1-9(17)12-8-10(14)2-5-13(12)15(6-7-16)11-3-4-11/h2,5,8-9,11,16-17H,3-4,6-7H2,1H3. The fraction of sp³-hybridized carbons (Fsp3) is 0.538. The SMILES string of the molecule is CC(O)c1cc(Br)ccc1N(CCO)C1CC1. The van der Waals surface area contributed by atoms with Crippen LogP contribution in [0.15, 0.2) is 22.7 Å². The lowest BCUT2D eigenvalue weighted by Crippen LogP contribution is -2.30. The molecule has 2 N–H and O–H groups in total. The Bertz CT molecular complexity index is 391. The summed E-state index contributed by atoms with van der Waals surface area (Å²) >= 11 is 3.43. The molecule has 0 aliphatic heterocycles. The van der Waals surface area contributed by atoms with Crippen LogP contribution in [0.5, 0.6) is 0 Å². The van der Waals surface area contributed by atoms with E-state index in [-0.39, 0.29) is 6.61 Å². The summed E-state index contributed by atoms with van der Waals surface area (Å²) in [5, 5.41) is 19.0. The third kappa shape index (κ3) is 3.00. The Morgan fingerprint density at radius 1 is 1.47 bits per heavy atom. The van der Waals surface area contributed by atoms with E-state index >= 15 is 0 Å². The first-order chi connectivity index (χ1) is 8.13. The lowest BCUT2D eigenvalue weighted by molar-refractivity contribution is 0.199. The normalized spacial score (nSPS) is 16.9. The van der Waals surface area contributed by atoms with Crippen LogP contribution in [0.1, 0.15) is 31.4 Å². The lowest BCUT2D eigenvalue weighted by Gasteiger charge is -2.27. The van der Waals surface area contributed by atoms with E-state index in [1.807, 2.05) is 18.2 Å². The Balaban J connectivity index is 2.34. The summed E-state index contributed by atoms with van der Waals surface area (Å²) < 4.78 is 0.969. The monoisotopic (exact) mass is 299 g/mol. The molecule has 1 fully saturated rings. The molecule has 1 aromatic carbocycles. The van der Waals surface area contributed by atoms with Gasteiger partial charge in [-0.3, -0.25) is 0 Å². The third-order valence-electron chi connectivity index (χ3n) is 3.08. The van der Waals surface area contributed by atoms with Crippen molar-refractivity contribution >= 4 is 21.6 Å². The molecule has 1 aromatic rings. The molecule has 0 saturated heterocycles. The van der Waals surface area contributed by atoms with Crippen molar-refractivity contribution in [3.05, 3.63) is 28.2 Å². The smallest absolute Gasteiger partial charge is 0.0782 e. The maximum absolute atomic E-state index is 9.84. The minimum Gasteiger partial charge on any atom is -0.395 e. The van der Waals surface area contributed by atoms with Gasteiger partial charge in [0.2, 0.25) is 0 Å². The van der Waals surface area contributed by atoms with Crippen LogP contribution in [-0.2, 0) is 0 Å². The van der Waals surface area contributed by atoms with Gasteiger partial charge in [0.1, 0.15) is 0 Å². The predicted molar refractivity (Wildman–Crippen MR) is 72.2 cm³/mol. The van der Waals surface area contributed by atoms with Crippen LogP contribution >= 0.6 is 15.9 Å². The van der Waals surface area contributed by atoms with Crippen LogP contribution in [0.3, 0.4) is 0 Å². The average molecular weight is 300 g/mol. The number of rotatable bonds is 5. The Hall–Kier alpha value is -0.580. The summed E-state index contributed by atoms with van der Waals surface area (Å²) in [6.45, 7) is 2.55. The van der Waals surface area contributed by atoms with Crippen LogP contribution in [0.25, 0.3) is 0 Å². The van der Waals surface area contributed by atoms with Crippen molar-refractivity contribution in [1.29, 1.82) is 0 Å². The van der Waals surface area contributed by atoms with Gasteiger partial charge < -0.3 is 15.1 Å². The molecule has 0 heterocycles. The molecular weight excluding hydrogens is 282 g/mol. The van der Waals surface area contributed by atoms with Crippen LogP contribution in [-0.4, -0.2) is 29.4 Å². The minimum absolute atomic E-state index is 0.145. The van der Waals surface area contributed by atoms with Gasteiger partial charge in [-0.2, -0.15) is 0 Å². The fourth-order valence-electron chi connectivity index (χ4n) is 2.12. The van der Waals surface area contributed by atoms with Gasteiger partial charge in [0.25, 0.3) is 0 Å². The maximum Gasteiger partial charge on any atom is 0.0782 e. The molecule has 1 unspecified atom stereocenters. The van der Waals surface area contributed by atoms with Gasteiger partial charge in [0.05, 0.1) is 12.7 Å². The maximum atomic E-state index is 9.84. The Morgan fingerprint density at radius 3 is 2.71 bits per heavy atom. The van der Waals surface area contributed by atoms with E-state index in [9.17, 15) is 5.11 Å². The van der Waals surface area contributed by atoms with Crippen LogP contribution in [0.4, 0.5) is 5.69 Å². The van der Waals surface area contributed by atoms with Crippen LogP contribution in [0, 0.1) is 0 Å². The number of anilines is 1. The van der Waals surface area contributed by atoms with Crippen LogP contribution < -0.4 is 4.90 Å². The molecule has 0 aromatic heterocycles. The molecule has 94 valence electrons. The number of aliphatic hydroxyl groups is 2. The highest BCUT2D eigenvalue weighted by molar-refractivity contribution is 9.10. The first-order valence-electron chi connectivity index (χ1n) is 5.98. The van der Waals surface area contributed by atoms with Crippen molar-refractivity contribution in [1.82, 2.24) is 0 Å². The number of hydrogen-bond acceptors (Lipinski definition) is 3. The molecule has 0 spiro atoms. The zero-order valence-corrected chi connectivity index (χ0v) is 11.5. The number of nitrogens with zero attached hydrogens (tertiary/aromatic N) is 1. The van der Waals surface area contributed by atoms with E-state index in [1.165, 1.54) is 12.8 Å². The Kier molecular flexibility index (Phi) is 4.07. The van der Waals surface area contributed by atoms with Gasteiger partial charge in [-0.15, -0.1) is 0 Å². The molecule has 3 nitrogen and oxygen atoms in total. The average Bonchev–Trinajstić information content (AvgIpc) is 3.10. The van der Waals surface area contributed by atoms with E-state index in [0.29, 0.717) is 12.6 Å². The van der Waals surface area contributed by atoms with E-state index in [4.69, 9.17) is 5.11 Å². The van der Waals surface area contributed by atoms with Crippen molar-refractivity contribution in [2.75, 3.05) is 18.1 Å². The highest BCUT2D eigenvalue weighted by Gasteiger charge is 2.30. The summed E-state index contributed by atoms with van der Waals surface area (Å²) in [6.07, 6.45) is 1.85. The summed E-state index contributed by atoms with van der Waals surface area (Å²) in [5.41, 5.74) is 1.96. The number of halogens is 1. The van der Waals surface area contributed by atoms with Gasteiger partial charge in [0.15, 0.2) is 0 Å². The molecule has 0 radical (unpaired) electrons. The molecule has 0 bridgehead atoms. The molecule has 4 heteroatoms. The first-order valence-corrected chi connectivity index (χ1v) is 6.77. The number of benzene rings is 1. The van der Waals surface area contributed by atoms with Gasteiger partial charge in [0, 0.05) is 28.3 Å². The topological polar surface area (TPSA) is 43.7 Å². The highest BCUT2D eigenvalue weighted by atomic mass is 79.9. The third-order valence-corrected chi connectivity index (χ3v) is 3.57. The quantitative estimate of drug-likeness (QED) is 0.878. The summed E-state index contributed by atoms with van der Waals surface area (Å²) in [6, 6.07) is 6.47. The first kappa shape index (κ1) is 12.9. The van der Waals surface area contributed by atoms with Gasteiger partial charge in [-0.25, -0.2) is 0 Å². The van der Waals surface area contributed by atoms with E-state index in [2.05, 4.69) is 20.8 Å². The minimum atomic E-state index is -0.498. The summed E-state index contributed by atoms with van der Waals surface area (Å²) in [4.78, 5) is 2.20. The zero-order chi connectivity index (χ0) is 12.4. The summed E-state index contributed by atoms with van der Waals surface area (Å²) in [5.74, 6) is 0. The lowest BCUT2D eigenvalue weighted by atomic mass is 10.1. The highest BCUT2D eigenvalue weighted by Crippen LogP contribution is 2.36. The predicted octanol–water partition coefficient (Wildman–Crippen LogP) is 2.46. The Labute approximate surface area is 110 Å². The second-order valence-corrected chi connectivity index (χ2v) is 5.44. The molecule has 2 rings (SSSR count). The molecule has 1 aliphatic carbocycles. The second kappa shape index (κ2) is 5.38. The number of hydrogen-bond donors (Lipinski definition) is 2. The molecular formula is C13H18BrNO2. The Morgan fingerprint density at radius 2 is 2.18 bits per heavy atom. The van der Waals surface area contributed by atoms with Crippen molar-refractivity contribution in [3.8, 4) is 0 Å². The summed E-state index contributed by atoms with van der Waals surface area (Å²) in [7, 11) is 0. The van der Waals surface area contributed by atoms with Crippen molar-refractivity contribution in [3.63, 3.8) is 0 Å². The molecule has 0 amide bonds. The van der Waals surface area contributed by atoms with Crippen LogP contribution in [0.2, 0.25) is 0 Å². The van der Waals surface area contributed by atoms with Crippen molar-refractivity contribution < 1.29 is 10.2 Å². The van der Waals surface area contributed by atoms with Gasteiger partial charge in [-0.1, -0.05) is 15.9 Å². The second-order valence-electron chi connectivity index (χ2n) is 4.53. The number of aliphatic hydroxyl groups excluding tert-OH is 2. The molecule has 1 aliphatic rings. The molecule has 17 heavy (non-hydrogen) atoms.